The van der Waals surface area contributed by atoms with E-state index in [1.165, 1.54) is 26.4 Å². The predicted octanol–water partition coefficient (Wildman–Crippen LogP) is 1.86. The first-order valence-corrected chi connectivity index (χ1v) is 5.89. The second kappa shape index (κ2) is 5.12. The molecule has 1 unspecified atom stereocenters. The van der Waals surface area contributed by atoms with E-state index in [4.69, 9.17) is 0 Å². The molecule has 1 N–H and O–H groups in total. The Morgan fingerprint density at radius 2 is 2.24 bits per heavy atom. The van der Waals surface area contributed by atoms with Crippen LogP contribution in [0.5, 0.6) is 0 Å². The number of rotatable bonds is 4. The molecule has 92 valence electrons. The molecule has 1 aliphatic rings. The van der Waals surface area contributed by atoms with Crippen molar-refractivity contribution in [1.82, 2.24) is 10.2 Å². The molecule has 0 aromatic carbocycles. The third kappa shape index (κ3) is 2.72. The quantitative estimate of drug-likeness (QED) is 0.807. The first-order chi connectivity index (χ1) is 8.20. The Morgan fingerprint density at radius 3 is 2.71 bits per heavy atom. The number of hydrogen-bond donors (Lipinski definition) is 1. The second-order valence-corrected chi connectivity index (χ2v) is 4.42. The van der Waals surface area contributed by atoms with Gasteiger partial charge in [-0.25, -0.2) is 4.79 Å². The van der Waals surface area contributed by atoms with Crippen LogP contribution in [0, 0.1) is 5.92 Å². The Bertz CT molecular complexity index is 387. The molecule has 1 atom stereocenters. The number of carbonyl (C=O) groups is 1. The van der Waals surface area contributed by atoms with Crippen molar-refractivity contribution in [3.05, 3.63) is 17.8 Å². The average Bonchev–Trinajstić information content (AvgIpc) is 2.26. The van der Waals surface area contributed by atoms with Gasteiger partial charge in [-0.2, -0.15) is 0 Å². The Hall–Kier alpha value is -1.65. The van der Waals surface area contributed by atoms with E-state index in [0.29, 0.717) is 11.9 Å². The highest BCUT2D eigenvalue weighted by atomic mass is 16.5. The molecule has 1 aliphatic carbocycles. The molecule has 0 amide bonds. The smallest absolute Gasteiger partial charge is 0.358 e. The van der Waals surface area contributed by atoms with E-state index in [0.717, 1.165) is 5.92 Å². The molecule has 1 fully saturated rings. The van der Waals surface area contributed by atoms with Crippen LogP contribution >= 0.6 is 0 Å². The molecule has 1 aromatic heterocycles. The fourth-order valence-electron chi connectivity index (χ4n) is 1.91. The molecule has 0 aliphatic heterocycles. The number of methoxy groups -OCH3 is 1. The van der Waals surface area contributed by atoms with Crippen LogP contribution in [0.3, 0.4) is 0 Å². The third-order valence-electron chi connectivity index (χ3n) is 3.29. The number of esters is 1. The highest BCUT2D eigenvalue weighted by Crippen LogP contribution is 2.30. The lowest BCUT2D eigenvalue weighted by Gasteiger charge is -2.32. The standard InChI is InChI=1S/C12H17N3O2/c1-8(9-4-3-5-9)13-11-7-6-10(14-15-11)12(16)17-2/h6-9H,3-5H2,1-2H3,(H,13,15). The van der Waals surface area contributed by atoms with Crippen LogP contribution in [0.1, 0.15) is 36.7 Å². The Balaban J connectivity index is 1.95. The van der Waals surface area contributed by atoms with Gasteiger partial charge in [0.2, 0.25) is 0 Å². The Morgan fingerprint density at radius 1 is 1.47 bits per heavy atom. The van der Waals surface area contributed by atoms with Crippen molar-refractivity contribution < 1.29 is 9.53 Å². The SMILES string of the molecule is COC(=O)c1ccc(NC(C)C2CCC2)nn1. The molecule has 0 bridgehead atoms. The van der Waals surface area contributed by atoms with Crippen LogP contribution in [0.4, 0.5) is 5.82 Å². The minimum absolute atomic E-state index is 0.231. The van der Waals surface area contributed by atoms with E-state index in [9.17, 15) is 4.79 Å². The largest absolute Gasteiger partial charge is 0.464 e. The highest BCUT2D eigenvalue weighted by Gasteiger charge is 2.24. The minimum Gasteiger partial charge on any atom is -0.464 e. The fraction of sp³-hybridized carbons (Fsp3) is 0.583. The van der Waals surface area contributed by atoms with Crippen LogP contribution in [-0.2, 0) is 4.74 Å². The monoisotopic (exact) mass is 235 g/mol. The van der Waals surface area contributed by atoms with Crippen molar-refractivity contribution in [1.29, 1.82) is 0 Å². The average molecular weight is 235 g/mol. The first kappa shape index (κ1) is 11.8. The normalized spacial score (nSPS) is 17.1. The molecule has 1 heterocycles. The summed E-state index contributed by atoms with van der Waals surface area (Å²) in [5.74, 6) is 0.977. The summed E-state index contributed by atoms with van der Waals surface area (Å²) < 4.78 is 4.56. The zero-order chi connectivity index (χ0) is 12.3. The molecule has 5 nitrogen and oxygen atoms in total. The van der Waals surface area contributed by atoms with Crippen LogP contribution in [-0.4, -0.2) is 29.3 Å². The molecular weight excluding hydrogens is 218 g/mol. The van der Waals surface area contributed by atoms with Crippen molar-refractivity contribution >= 4 is 11.8 Å². The summed E-state index contributed by atoms with van der Waals surface area (Å²) in [5.41, 5.74) is 0.231. The third-order valence-corrected chi connectivity index (χ3v) is 3.29. The Labute approximate surface area is 101 Å². The summed E-state index contributed by atoms with van der Waals surface area (Å²) in [6.07, 6.45) is 3.88. The lowest BCUT2D eigenvalue weighted by atomic mass is 9.80. The second-order valence-electron chi connectivity index (χ2n) is 4.42. The lowest BCUT2D eigenvalue weighted by molar-refractivity contribution is 0.0593. The van der Waals surface area contributed by atoms with Crippen molar-refractivity contribution in [2.75, 3.05) is 12.4 Å². The maximum absolute atomic E-state index is 11.2. The van der Waals surface area contributed by atoms with E-state index in [2.05, 4.69) is 27.2 Å². The number of anilines is 1. The Kier molecular flexibility index (Phi) is 3.56. The number of carbonyl (C=O) groups excluding carboxylic acids is 1. The van der Waals surface area contributed by atoms with Gasteiger partial charge in [0.15, 0.2) is 5.69 Å². The first-order valence-electron chi connectivity index (χ1n) is 5.89. The lowest BCUT2D eigenvalue weighted by Crippen LogP contribution is -2.31. The zero-order valence-corrected chi connectivity index (χ0v) is 10.1. The topological polar surface area (TPSA) is 64.1 Å². The molecule has 0 saturated heterocycles. The summed E-state index contributed by atoms with van der Waals surface area (Å²) in [4.78, 5) is 11.2. The van der Waals surface area contributed by atoms with Gasteiger partial charge in [0, 0.05) is 6.04 Å². The molecule has 1 aromatic rings. The van der Waals surface area contributed by atoms with Gasteiger partial charge >= 0.3 is 5.97 Å². The van der Waals surface area contributed by atoms with Gasteiger partial charge in [-0.3, -0.25) is 0 Å². The molecule has 2 rings (SSSR count). The van der Waals surface area contributed by atoms with Crippen LogP contribution in [0.25, 0.3) is 0 Å². The number of nitrogens with zero attached hydrogens (tertiary/aromatic N) is 2. The van der Waals surface area contributed by atoms with Gasteiger partial charge in [0.25, 0.3) is 0 Å². The van der Waals surface area contributed by atoms with E-state index in [1.807, 2.05) is 0 Å². The maximum Gasteiger partial charge on any atom is 0.358 e. The summed E-state index contributed by atoms with van der Waals surface area (Å²) in [5, 5.41) is 11.1. The van der Waals surface area contributed by atoms with Crippen molar-refractivity contribution in [3.63, 3.8) is 0 Å². The summed E-state index contributed by atoms with van der Waals surface area (Å²) in [6, 6.07) is 3.78. The van der Waals surface area contributed by atoms with Crippen molar-refractivity contribution in [2.45, 2.75) is 32.2 Å². The fourth-order valence-corrected chi connectivity index (χ4v) is 1.91. The molecule has 0 radical (unpaired) electrons. The summed E-state index contributed by atoms with van der Waals surface area (Å²) in [7, 11) is 1.33. The molecule has 1 saturated carbocycles. The highest BCUT2D eigenvalue weighted by molar-refractivity contribution is 5.86. The number of aromatic nitrogens is 2. The van der Waals surface area contributed by atoms with Gasteiger partial charge in [-0.1, -0.05) is 6.42 Å². The number of nitrogens with one attached hydrogen (secondary N) is 1. The van der Waals surface area contributed by atoms with Gasteiger partial charge in [0.1, 0.15) is 5.82 Å². The van der Waals surface area contributed by atoms with Gasteiger partial charge < -0.3 is 10.1 Å². The van der Waals surface area contributed by atoms with E-state index in [-0.39, 0.29) is 5.69 Å². The summed E-state index contributed by atoms with van der Waals surface area (Å²) >= 11 is 0. The molecular formula is C12H17N3O2. The minimum atomic E-state index is -0.462. The van der Waals surface area contributed by atoms with E-state index in [1.54, 1.807) is 12.1 Å². The van der Waals surface area contributed by atoms with Gasteiger partial charge in [-0.15, -0.1) is 10.2 Å². The molecule has 5 heteroatoms. The van der Waals surface area contributed by atoms with Gasteiger partial charge in [-0.05, 0) is 37.8 Å². The zero-order valence-electron chi connectivity index (χ0n) is 10.1. The van der Waals surface area contributed by atoms with Crippen LogP contribution in [0.2, 0.25) is 0 Å². The van der Waals surface area contributed by atoms with Crippen molar-refractivity contribution in [3.8, 4) is 0 Å². The van der Waals surface area contributed by atoms with E-state index >= 15 is 0 Å². The number of hydrogen-bond acceptors (Lipinski definition) is 5. The maximum atomic E-state index is 11.2. The molecule has 17 heavy (non-hydrogen) atoms. The van der Waals surface area contributed by atoms with Gasteiger partial charge in [0.05, 0.1) is 7.11 Å². The van der Waals surface area contributed by atoms with Crippen molar-refractivity contribution in [2.24, 2.45) is 5.92 Å². The van der Waals surface area contributed by atoms with E-state index < -0.39 is 5.97 Å². The predicted molar refractivity (Wildman–Crippen MR) is 63.8 cm³/mol. The van der Waals surface area contributed by atoms with Crippen LogP contribution in [0.15, 0.2) is 12.1 Å². The summed E-state index contributed by atoms with van der Waals surface area (Å²) in [6.45, 7) is 2.15. The number of ether oxygens (including phenoxy) is 1. The van der Waals surface area contributed by atoms with Crippen LogP contribution < -0.4 is 5.32 Å². The molecule has 0 spiro atoms.